The molecule has 0 saturated carbocycles. The molecule has 33 heavy (non-hydrogen) atoms. The first-order valence-electron chi connectivity index (χ1n) is 10.6. The zero-order valence-corrected chi connectivity index (χ0v) is 18.5. The van der Waals surface area contributed by atoms with Crippen LogP contribution in [0.3, 0.4) is 0 Å². The molecule has 1 aliphatic rings. The molecule has 0 aliphatic carbocycles. The fraction of sp³-hybridized carbons (Fsp3) is 0.240. The Morgan fingerprint density at radius 2 is 2.03 bits per heavy atom. The second-order valence-corrected chi connectivity index (χ2v) is 7.60. The Hall–Kier alpha value is -3.78. The molecule has 0 spiro atoms. The lowest BCUT2D eigenvalue weighted by molar-refractivity contribution is 0.239. The van der Waals surface area contributed by atoms with E-state index < -0.39 is 5.95 Å². The summed E-state index contributed by atoms with van der Waals surface area (Å²) in [5.74, 6) is 0.647. The fourth-order valence-electron chi connectivity index (χ4n) is 4.02. The predicted molar refractivity (Wildman–Crippen MR) is 124 cm³/mol. The number of amidine groups is 1. The highest BCUT2D eigenvalue weighted by Crippen LogP contribution is 2.47. The third-order valence-electron chi connectivity index (χ3n) is 5.59. The van der Waals surface area contributed by atoms with Crippen LogP contribution >= 0.6 is 0 Å². The average molecular weight is 448 g/mol. The summed E-state index contributed by atoms with van der Waals surface area (Å²) in [7, 11) is 1.64. The van der Waals surface area contributed by atoms with Crippen LogP contribution in [-0.4, -0.2) is 36.3 Å². The summed E-state index contributed by atoms with van der Waals surface area (Å²) in [5.41, 5.74) is 10.1. The number of benzene rings is 1. The van der Waals surface area contributed by atoms with Crippen LogP contribution in [0.15, 0.2) is 54.9 Å². The van der Waals surface area contributed by atoms with Crippen molar-refractivity contribution in [1.82, 2.24) is 9.97 Å². The number of halogens is 1. The lowest BCUT2D eigenvalue weighted by atomic mass is 9.84. The molecule has 7 nitrogen and oxygen atoms in total. The minimum atomic E-state index is -0.533. The van der Waals surface area contributed by atoms with Crippen molar-refractivity contribution in [3.63, 3.8) is 0 Å². The van der Waals surface area contributed by atoms with Crippen LogP contribution in [0.1, 0.15) is 36.1 Å². The molecule has 2 aromatic heterocycles. The molecule has 0 saturated heterocycles. The molecule has 0 fully saturated rings. The molecule has 4 rings (SSSR count). The molecule has 0 radical (unpaired) electrons. The molecule has 1 aromatic carbocycles. The Morgan fingerprint density at radius 3 is 2.76 bits per heavy atom. The molecular formula is C25H25FN4O3. The van der Waals surface area contributed by atoms with Crippen LogP contribution in [0.5, 0.6) is 11.5 Å². The van der Waals surface area contributed by atoms with Gasteiger partial charge in [0.15, 0.2) is 0 Å². The second kappa shape index (κ2) is 9.79. The van der Waals surface area contributed by atoms with Gasteiger partial charge in [0.2, 0.25) is 5.95 Å². The summed E-state index contributed by atoms with van der Waals surface area (Å²) < 4.78 is 31.1. The molecule has 8 heteroatoms. The third-order valence-corrected chi connectivity index (χ3v) is 5.59. The van der Waals surface area contributed by atoms with E-state index in [-0.39, 0.29) is 18.5 Å². The topological polar surface area (TPSA) is 103 Å². The largest absolute Gasteiger partial charge is 0.466 e. The number of rotatable bonds is 7. The molecule has 1 aliphatic heterocycles. The van der Waals surface area contributed by atoms with Crippen molar-refractivity contribution in [3.05, 3.63) is 77.6 Å². The van der Waals surface area contributed by atoms with Gasteiger partial charge in [0, 0.05) is 35.9 Å². The highest BCUT2D eigenvalue weighted by atomic mass is 19.1. The number of hydrogen-bond acceptors (Lipinski definition) is 6. The van der Waals surface area contributed by atoms with Gasteiger partial charge in [0.05, 0.1) is 25.1 Å². The SMILES string of the molecule is C/C=C(\COC)c1cc2c(cn1)Oc1ccc(-c3cccnc3F)cc1C2CCOC(=N)N. The summed E-state index contributed by atoms with van der Waals surface area (Å²) in [5, 5.41) is 7.38. The van der Waals surface area contributed by atoms with E-state index >= 15 is 0 Å². The first-order valence-corrected chi connectivity index (χ1v) is 10.6. The lowest BCUT2D eigenvalue weighted by Crippen LogP contribution is -2.18. The summed E-state index contributed by atoms with van der Waals surface area (Å²) in [6.45, 7) is 2.62. The van der Waals surface area contributed by atoms with Gasteiger partial charge in [-0.25, -0.2) is 4.98 Å². The number of aromatic nitrogens is 2. The first-order chi connectivity index (χ1) is 16.0. The Kier molecular flexibility index (Phi) is 6.65. The van der Waals surface area contributed by atoms with Gasteiger partial charge in [-0.2, -0.15) is 4.39 Å². The lowest BCUT2D eigenvalue weighted by Gasteiger charge is -2.29. The van der Waals surface area contributed by atoms with Crippen molar-refractivity contribution in [3.8, 4) is 22.6 Å². The van der Waals surface area contributed by atoms with Crippen molar-refractivity contribution in [2.45, 2.75) is 19.3 Å². The molecule has 0 amide bonds. The molecule has 3 aromatic rings. The number of ether oxygens (including phenoxy) is 3. The number of pyridine rings is 2. The van der Waals surface area contributed by atoms with Gasteiger partial charge in [-0.15, -0.1) is 0 Å². The second-order valence-electron chi connectivity index (χ2n) is 7.60. The molecule has 1 atom stereocenters. The van der Waals surface area contributed by atoms with Gasteiger partial charge in [-0.1, -0.05) is 12.1 Å². The number of nitrogens with one attached hydrogen (secondary N) is 1. The van der Waals surface area contributed by atoms with Crippen molar-refractivity contribution in [2.24, 2.45) is 5.73 Å². The van der Waals surface area contributed by atoms with Crippen molar-refractivity contribution < 1.29 is 18.6 Å². The Balaban J connectivity index is 1.79. The van der Waals surface area contributed by atoms with Gasteiger partial charge in [0.25, 0.3) is 6.02 Å². The zero-order chi connectivity index (χ0) is 23.4. The number of fused-ring (bicyclic) bond motifs is 2. The third kappa shape index (κ3) is 4.70. The smallest absolute Gasteiger partial charge is 0.278 e. The summed E-state index contributed by atoms with van der Waals surface area (Å²) >= 11 is 0. The summed E-state index contributed by atoms with van der Waals surface area (Å²) in [6.07, 6.45) is 5.64. The van der Waals surface area contributed by atoms with Crippen LogP contribution in [-0.2, 0) is 9.47 Å². The maximum atomic E-state index is 14.4. The van der Waals surface area contributed by atoms with Crippen LogP contribution < -0.4 is 10.5 Å². The van der Waals surface area contributed by atoms with Crippen LogP contribution in [0.4, 0.5) is 4.39 Å². The van der Waals surface area contributed by atoms with Gasteiger partial charge in [-0.05, 0) is 54.8 Å². The number of nitrogens with two attached hydrogens (primary N) is 1. The van der Waals surface area contributed by atoms with Gasteiger partial charge < -0.3 is 19.9 Å². The number of methoxy groups -OCH3 is 1. The fourth-order valence-corrected chi connectivity index (χ4v) is 4.02. The van der Waals surface area contributed by atoms with Crippen LogP contribution in [0.2, 0.25) is 0 Å². The van der Waals surface area contributed by atoms with E-state index in [1.54, 1.807) is 25.4 Å². The Morgan fingerprint density at radius 1 is 1.21 bits per heavy atom. The Labute approximate surface area is 191 Å². The predicted octanol–water partition coefficient (Wildman–Crippen LogP) is 4.87. The van der Waals surface area contributed by atoms with Crippen molar-refractivity contribution >= 4 is 11.6 Å². The normalized spacial score (nSPS) is 14.8. The standard InChI is InChI=1S/C25H25FN4O3/c1-3-15(14-31-2)21-12-20-18(8-10-32-25(27)28)19-11-16(17-5-4-9-29-24(17)26)6-7-22(19)33-23(20)13-30-21/h3-7,9,11-13,18H,8,10,14H2,1-2H3,(H3,27,28)/b15-3+. The highest BCUT2D eigenvalue weighted by molar-refractivity contribution is 5.70. The van der Waals surface area contributed by atoms with Crippen molar-refractivity contribution in [2.75, 3.05) is 20.3 Å². The van der Waals surface area contributed by atoms with E-state index in [9.17, 15) is 4.39 Å². The van der Waals surface area contributed by atoms with Crippen molar-refractivity contribution in [1.29, 1.82) is 5.41 Å². The van der Waals surface area contributed by atoms with E-state index in [0.717, 1.165) is 22.4 Å². The molecular weight excluding hydrogens is 423 g/mol. The summed E-state index contributed by atoms with van der Waals surface area (Å²) in [6, 6.07) is 10.6. The van der Waals surface area contributed by atoms with E-state index in [0.29, 0.717) is 35.7 Å². The van der Waals surface area contributed by atoms with Gasteiger partial charge in [0.1, 0.15) is 11.5 Å². The van der Waals surface area contributed by atoms with E-state index in [1.165, 1.54) is 6.20 Å². The maximum Gasteiger partial charge on any atom is 0.278 e. The maximum absolute atomic E-state index is 14.4. The molecule has 0 bridgehead atoms. The summed E-state index contributed by atoms with van der Waals surface area (Å²) in [4.78, 5) is 8.33. The van der Waals surface area contributed by atoms with Gasteiger partial charge >= 0.3 is 0 Å². The molecule has 1 unspecified atom stereocenters. The van der Waals surface area contributed by atoms with E-state index in [1.807, 2.05) is 37.3 Å². The van der Waals surface area contributed by atoms with Crippen LogP contribution in [0, 0.1) is 11.4 Å². The minimum absolute atomic E-state index is 0.134. The molecule has 170 valence electrons. The number of hydrogen-bond donors (Lipinski definition) is 2. The average Bonchev–Trinajstić information content (AvgIpc) is 2.82. The zero-order valence-electron chi connectivity index (χ0n) is 18.5. The quantitative estimate of drug-likeness (QED) is 0.304. The van der Waals surface area contributed by atoms with E-state index in [4.69, 9.17) is 25.4 Å². The highest BCUT2D eigenvalue weighted by Gasteiger charge is 2.29. The van der Waals surface area contributed by atoms with Gasteiger partial charge in [-0.3, -0.25) is 10.4 Å². The Bertz CT molecular complexity index is 1210. The first kappa shape index (κ1) is 22.4. The molecule has 3 heterocycles. The number of allylic oxidation sites excluding steroid dienone is 1. The number of nitrogens with zero attached hydrogens (tertiary/aromatic N) is 2. The minimum Gasteiger partial charge on any atom is -0.466 e. The molecule has 3 N–H and O–H groups in total. The van der Waals surface area contributed by atoms with Crippen LogP contribution in [0.25, 0.3) is 16.7 Å². The monoisotopic (exact) mass is 448 g/mol. The van der Waals surface area contributed by atoms with E-state index in [2.05, 4.69) is 9.97 Å².